The van der Waals surface area contributed by atoms with Crippen molar-refractivity contribution in [1.29, 1.82) is 0 Å². The Kier molecular flexibility index (Phi) is 3.72. The number of carbonyl (C=O) groups is 1. The maximum absolute atomic E-state index is 11.3. The smallest absolute Gasteiger partial charge is 0.430 e. The number of carbonyl (C=O) groups excluding carboxylic acids is 1. The van der Waals surface area contributed by atoms with Crippen molar-refractivity contribution in [2.45, 2.75) is 6.92 Å². The van der Waals surface area contributed by atoms with Crippen molar-refractivity contribution in [3.63, 3.8) is 0 Å². The Morgan fingerprint density at radius 3 is 2.94 bits per heavy atom. The van der Waals surface area contributed by atoms with Crippen LogP contribution in [-0.2, 0) is 4.74 Å². The fourth-order valence-electron chi connectivity index (χ4n) is 1.74. The van der Waals surface area contributed by atoms with Crippen LogP contribution in [0.3, 0.4) is 0 Å². The quantitative estimate of drug-likeness (QED) is 0.857. The largest absolute Gasteiger partial charge is 0.446 e. The van der Waals surface area contributed by atoms with Crippen LogP contribution in [0.25, 0.3) is 0 Å². The third kappa shape index (κ3) is 2.56. The summed E-state index contributed by atoms with van der Waals surface area (Å²) in [5.41, 5.74) is 2.48. The van der Waals surface area contributed by atoms with Crippen LogP contribution in [0.5, 0.6) is 0 Å². The highest BCUT2D eigenvalue weighted by molar-refractivity contribution is 6.31. The molecule has 1 saturated heterocycles. The second-order valence-electron chi connectivity index (χ2n) is 3.86. The predicted octanol–water partition coefficient (Wildman–Crippen LogP) is 2.56. The van der Waals surface area contributed by atoms with E-state index in [-0.39, 0.29) is 0 Å². The molecule has 1 aliphatic rings. The van der Waals surface area contributed by atoms with Gasteiger partial charge < -0.3 is 10.1 Å². The second kappa shape index (κ2) is 5.27. The summed E-state index contributed by atoms with van der Waals surface area (Å²) in [5, 5.41) is 9.26. The number of nitrogens with one attached hydrogen (secondary N) is 1. The molecule has 5 nitrogen and oxygen atoms in total. The van der Waals surface area contributed by atoms with Crippen molar-refractivity contribution in [3.8, 4) is 0 Å². The number of ether oxygens (including phenoxy) is 1. The van der Waals surface area contributed by atoms with Gasteiger partial charge in [0, 0.05) is 23.3 Å². The van der Waals surface area contributed by atoms with Gasteiger partial charge in [-0.2, -0.15) is 10.1 Å². The van der Waals surface area contributed by atoms with Gasteiger partial charge in [0.2, 0.25) is 0 Å². The van der Waals surface area contributed by atoms with Gasteiger partial charge in [0.15, 0.2) is 0 Å². The van der Waals surface area contributed by atoms with Gasteiger partial charge in [-0.25, -0.2) is 4.79 Å². The molecule has 0 atom stereocenters. The summed E-state index contributed by atoms with van der Waals surface area (Å²) in [6.45, 7) is 2.69. The molecule has 1 aliphatic heterocycles. The van der Waals surface area contributed by atoms with E-state index in [0.717, 1.165) is 11.3 Å². The molecule has 1 N–H and O–H groups in total. The standard InChI is InChI=1S/C12H14ClN3O2/c1-8(15-16-5-6-18-12(16)17)10-7-9(13)3-4-11(10)14-2/h3-4,7,14H,5-6H2,1-2H3/b15-8+. The van der Waals surface area contributed by atoms with E-state index in [1.54, 1.807) is 6.07 Å². The number of hydrazone groups is 1. The van der Waals surface area contributed by atoms with Gasteiger partial charge in [-0.3, -0.25) is 0 Å². The van der Waals surface area contributed by atoms with Crippen LogP contribution in [0.2, 0.25) is 5.02 Å². The number of cyclic esters (lactones) is 1. The first kappa shape index (κ1) is 12.7. The predicted molar refractivity (Wildman–Crippen MR) is 71.3 cm³/mol. The summed E-state index contributed by atoms with van der Waals surface area (Å²) in [4.78, 5) is 11.3. The second-order valence-corrected chi connectivity index (χ2v) is 4.30. The molecule has 1 aromatic carbocycles. The van der Waals surface area contributed by atoms with Crippen LogP contribution < -0.4 is 5.32 Å². The lowest BCUT2D eigenvalue weighted by Gasteiger charge is -2.12. The maximum atomic E-state index is 11.3. The zero-order valence-corrected chi connectivity index (χ0v) is 11.0. The normalized spacial score (nSPS) is 15.8. The minimum absolute atomic E-state index is 0.379. The van der Waals surface area contributed by atoms with Crippen molar-refractivity contribution in [2.24, 2.45) is 5.10 Å². The summed E-state index contributed by atoms with van der Waals surface area (Å²) >= 11 is 5.98. The van der Waals surface area contributed by atoms with Crippen LogP contribution in [0.15, 0.2) is 23.3 Å². The Morgan fingerprint density at radius 2 is 2.33 bits per heavy atom. The zero-order chi connectivity index (χ0) is 13.1. The van der Waals surface area contributed by atoms with E-state index in [2.05, 4.69) is 10.4 Å². The molecule has 1 fully saturated rings. The molecule has 1 heterocycles. The van der Waals surface area contributed by atoms with E-state index in [0.29, 0.717) is 23.9 Å². The lowest BCUT2D eigenvalue weighted by atomic mass is 10.1. The van der Waals surface area contributed by atoms with E-state index in [1.807, 2.05) is 26.1 Å². The van der Waals surface area contributed by atoms with Crippen molar-refractivity contribution in [2.75, 3.05) is 25.5 Å². The molecule has 0 spiro atoms. The monoisotopic (exact) mass is 267 g/mol. The van der Waals surface area contributed by atoms with Crippen LogP contribution >= 0.6 is 11.6 Å². The number of anilines is 1. The summed E-state index contributed by atoms with van der Waals surface area (Å²) < 4.78 is 4.82. The van der Waals surface area contributed by atoms with Crippen LogP contribution in [-0.4, -0.2) is 37.0 Å². The fraction of sp³-hybridized carbons (Fsp3) is 0.333. The Labute approximate surface area is 110 Å². The first-order valence-corrected chi connectivity index (χ1v) is 5.97. The fourth-order valence-corrected chi connectivity index (χ4v) is 1.92. The van der Waals surface area contributed by atoms with E-state index < -0.39 is 6.09 Å². The van der Waals surface area contributed by atoms with E-state index in [1.165, 1.54) is 5.01 Å². The summed E-state index contributed by atoms with van der Waals surface area (Å²) in [6.07, 6.45) is -0.414. The van der Waals surface area contributed by atoms with Crippen LogP contribution in [0, 0.1) is 0 Å². The van der Waals surface area contributed by atoms with Gasteiger partial charge in [0.25, 0.3) is 0 Å². The van der Waals surface area contributed by atoms with Crippen molar-refractivity contribution in [3.05, 3.63) is 28.8 Å². The number of hydrogen-bond donors (Lipinski definition) is 1. The van der Waals surface area contributed by atoms with Crippen molar-refractivity contribution < 1.29 is 9.53 Å². The Balaban J connectivity index is 2.32. The lowest BCUT2D eigenvalue weighted by Crippen LogP contribution is -2.19. The molecule has 96 valence electrons. The minimum atomic E-state index is -0.414. The number of nitrogens with zero attached hydrogens (tertiary/aromatic N) is 2. The van der Waals surface area contributed by atoms with Gasteiger partial charge in [-0.05, 0) is 25.1 Å². The van der Waals surface area contributed by atoms with Crippen molar-refractivity contribution >= 4 is 29.1 Å². The molecule has 1 amide bonds. The third-order valence-electron chi connectivity index (χ3n) is 2.65. The van der Waals surface area contributed by atoms with E-state index in [9.17, 15) is 4.79 Å². The van der Waals surface area contributed by atoms with Gasteiger partial charge in [-0.1, -0.05) is 11.6 Å². The molecule has 0 bridgehead atoms. The molecule has 0 unspecified atom stereocenters. The Bertz CT molecular complexity index is 502. The molecule has 1 aromatic rings. The Morgan fingerprint density at radius 1 is 1.56 bits per heavy atom. The molecular weight excluding hydrogens is 254 g/mol. The van der Waals surface area contributed by atoms with Crippen LogP contribution in [0.1, 0.15) is 12.5 Å². The van der Waals surface area contributed by atoms with Gasteiger partial charge in [0.1, 0.15) is 6.61 Å². The molecule has 0 saturated carbocycles. The first-order chi connectivity index (χ1) is 8.61. The summed E-state index contributed by atoms with van der Waals surface area (Å²) in [5.74, 6) is 0. The number of benzene rings is 1. The summed E-state index contributed by atoms with van der Waals surface area (Å²) in [6, 6.07) is 5.49. The summed E-state index contributed by atoms with van der Waals surface area (Å²) in [7, 11) is 1.82. The van der Waals surface area contributed by atoms with Crippen molar-refractivity contribution in [1.82, 2.24) is 5.01 Å². The topological polar surface area (TPSA) is 53.9 Å². The van der Waals surface area contributed by atoms with E-state index >= 15 is 0 Å². The molecule has 0 aliphatic carbocycles. The molecular formula is C12H14ClN3O2. The highest BCUT2D eigenvalue weighted by atomic mass is 35.5. The highest BCUT2D eigenvalue weighted by Gasteiger charge is 2.22. The average Bonchev–Trinajstić information content (AvgIpc) is 2.75. The SMILES string of the molecule is CNc1ccc(Cl)cc1/C(C)=N/N1CCOC1=O. The van der Waals surface area contributed by atoms with Gasteiger partial charge in [0.05, 0.1) is 12.3 Å². The third-order valence-corrected chi connectivity index (χ3v) is 2.89. The van der Waals surface area contributed by atoms with Crippen LogP contribution in [0.4, 0.5) is 10.5 Å². The number of amides is 1. The molecule has 2 rings (SSSR count). The highest BCUT2D eigenvalue weighted by Crippen LogP contribution is 2.21. The number of halogens is 1. The lowest BCUT2D eigenvalue weighted by molar-refractivity contribution is 0.159. The molecule has 6 heteroatoms. The Hall–Kier alpha value is -1.75. The zero-order valence-electron chi connectivity index (χ0n) is 10.2. The number of hydrogen-bond acceptors (Lipinski definition) is 4. The molecule has 0 aromatic heterocycles. The van der Waals surface area contributed by atoms with Gasteiger partial charge >= 0.3 is 6.09 Å². The number of rotatable bonds is 3. The first-order valence-electron chi connectivity index (χ1n) is 5.59. The average molecular weight is 268 g/mol. The molecule has 0 radical (unpaired) electrons. The van der Waals surface area contributed by atoms with Gasteiger partial charge in [-0.15, -0.1) is 0 Å². The van der Waals surface area contributed by atoms with E-state index in [4.69, 9.17) is 16.3 Å². The maximum Gasteiger partial charge on any atom is 0.430 e. The minimum Gasteiger partial charge on any atom is -0.446 e. The molecule has 18 heavy (non-hydrogen) atoms.